The lowest BCUT2D eigenvalue weighted by Gasteiger charge is -2.32. The molecule has 0 spiro atoms. The van der Waals surface area contributed by atoms with Gasteiger partial charge in [0.05, 0.1) is 11.7 Å². The van der Waals surface area contributed by atoms with Crippen LogP contribution >= 0.6 is 0 Å². The summed E-state index contributed by atoms with van der Waals surface area (Å²) in [6, 6.07) is 14.8. The van der Waals surface area contributed by atoms with Crippen LogP contribution in [0.2, 0.25) is 0 Å². The Morgan fingerprint density at radius 2 is 1.79 bits per heavy atom. The third-order valence-corrected chi connectivity index (χ3v) is 8.08. The first-order valence-electron chi connectivity index (χ1n) is 13.3. The van der Waals surface area contributed by atoms with E-state index < -0.39 is 5.76 Å². The Kier molecular flexibility index (Phi) is 5.08. The van der Waals surface area contributed by atoms with Crippen molar-refractivity contribution in [2.75, 3.05) is 4.90 Å². The summed E-state index contributed by atoms with van der Waals surface area (Å²) in [5.74, 6) is 1.56. The van der Waals surface area contributed by atoms with Crippen molar-refractivity contribution in [2.24, 2.45) is 0 Å². The molecule has 1 saturated carbocycles. The number of aryl methyl sites for hydroxylation is 3. The third-order valence-electron chi connectivity index (χ3n) is 8.08. The van der Waals surface area contributed by atoms with Gasteiger partial charge in [-0.3, -0.25) is 14.1 Å². The Bertz CT molecular complexity index is 1770. The van der Waals surface area contributed by atoms with Crippen LogP contribution in [0.5, 0.6) is 0 Å². The van der Waals surface area contributed by atoms with Gasteiger partial charge in [-0.1, -0.05) is 23.4 Å². The zero-order chi connectivity index (χ0) is 26.1. The smallest absolute Gasteiger partial charge is 0.330 e. The fraction of sp³-hybridized carbons (Fsp3) is 0.333. The van der Waals surface area contributed by atoms with Crippen LogP contribution in [0, 0.1) is 20.8 Å². The molecule has 1 fully saturated rings. The molecule has 1 N–H and O–H groups in total. The first kappa shape index (κ1) is 23.0. The molecule has 2 aromatic carbocycles. The largest absolute Gasteiger partial charge is 0.438 e. The highest BCUT2D eigenvalue weighted by Gasteiger charge is 2.33. The molecule has 3 aromatic heterocycles. The van der Waals surface area contributed by atoms with Gasteiger partial charge in [0, 0.05) is 23.0 Å². The van der Waals surface area contributed by atoms with Crippen LogP contribution in [-0.2, 0) is 12.8 Å². The summed E-state index contributed by atoms with van der Waals surface area (Å²) in [6.45, 7) is 8.44. The molecule has 5 aromatic rings. The van der Waals surface area contributed by atoms with Crippen molar-refractivity contribution in [2.45, 2.75) is 65.3 Å². The maximum absolute atomic E-state index is 11.8. The first-order valence-corrected chi connectivity index (χ1v) is 13.3. The molecule has 2 aliphatic rings. The van der Waals surface area contributed by atoms with E-state index in [2.05, 4.69) is 82.8 Å². The summed E-state index contributed by atoms with van der Waals surface area (Å²) in [4.78, 5) is 26.9. The normalized spacial score (nSPS) is 15.8. The number of anilines is 2. The molecule has 38 heavy (non-hydrogen) atoms. The van der Waals surface area contributed by atoms with E-state index in [-0.39, 0.29) is 6.04 Å². The van der Waals surface area contributed by atoms with Gasteiger partial charge in [0.15, 0.2) is 11.5 Å². The van der Waals surface area contributed by atoms with Crippen molar-refractivity contribution in [3.63, 3.8) is 0 Å². The maximum Gasteiger partial charge on any atom is 0.438 e. The van der Waals surface area contributed by atoms with E-state index in [1.807, 2.05) is 6.92 Å². The number of rotatable bonds is 4. The van der Waals surface area contributed by atoms with E-state index in [4.69, 9.17) is 14.5 Å². The zero-order valence-electron chi connectivity index (χ0n) is 22.1. The predicted molar refractivity (Wildman–Crippen MR) is 147 cm³/mol. The number of para-hydroxylation sites is 1. The highest BCUT2D eigenvalue weighted by molar-refractivity contribution is 5.80. The minimum absolute atomic E-state index is 0.229. The van der Waals surface area contributed by atoms with Gasteiger partial charge in [0.25, 0.3) is 0 Å². The number of imidazole rings is 1. The van der Waals surface area contributed by atoms with Gasteiger partial charge < -0.3 is 4.90 Å². The third kappa shape index (κ3) is 3.50. The highest BCUT2D eigenvalue weighted by Crippen LogP contribution is 2.46. The second-order valence-corrected chi connectivity index (χ2v) is 10.7. The molecule has 0 bridgehead atoms. The highest BCUT2D eigenvalue weighted by atomic mass is 16.5. The van der Waals surface area contributed by atoms with Crippen LogP contribution in [0.3, 0.4) is 0 Å². The molecular weight excluding hydrogens is 476 g/mol. The maximum atomic E-state index is 11.8. The van der Waals surface area contributed by atoms with Gasteiger partial charge in [0.1, 0.15) is 11.3 Å². The van der Waals surface area contributed by atoms with Gasteiger partial charge in [-0.05, 0) is 99.9 Å². The number of pyridine rings is 1. The van der Waals surface area contributed by atoms with Crippen molar-refractivity contribution in [1.82, 2.24) is 24.7 Å². The number of hydrogen-bond donors (Lipinski definition) is 1. The Morgan fingerprint density at radius 1 is 1.00 bits per heavy atom. The van der Waals surface area contributed by atoms with E-state index in [1.54, 1.807) is 0 Å². The van der Waals surface area contributed by atoms with E-state index in [0.717, 1.165) is 58.1 Å². The van der Waals surface area contributed by atoms with Crippen LogP contribution in [0.1, 0.15) is 71.3 Å². The van der Waals surface area contributed by atoms with Crippen molar-refractivity contribution >= 4 is 22.5 Å². The number of nitrogens with zero attached hydrogens (tertiary/aromatic N) is 5. The quantitative estimate of drug-likeness (QED) is 0.326. The van der Waals surface area contributed by atoms with Crippen molar-refractivity contribution in [1.29, 1.82) is 0 Å². The molecule has 7 rings (SSSR count). The van der Waals surface area contributed by atoms with Gasteiger partial charge in [-0.15, -0.1) is 0 Å². The molecule has 8 nitrogen and oxygen atoms in total. The number of aromatic amines is 1. The summed E-state index contributed by atoms with van der Waals surface area (Å²) in [5.41, 5.74) is 11.2. The van der Waals surface area contributed by atoms with E-state index in [9.17, 15) is 4.79 Å². The van der Waals surface area contributed by atoms with Gasteiger partial charge in [-0.2, -0.15) is 0 Å². The van der Waals surface area contributed by atoms with Crippen LogP contribution in [0.15, 0.2) is 51.8 Å². The summed E-state index contributed by atoms with van der Waals surface area (Å²) in [7, 11) is 0. The summed E-state index contributed by atoms with van der Waals surface area (Å²) in [5, 5.41) is 4.03. The Labute approximate surface area is 220 Å². The second kappa shape index (κ2) is 8.41. The Balaban J connectivity index is 1.45. The number of H-pyrrole nitrogens is 1. The van der Waals surface area contributed by atoms with Gasteiger partial charge >= 0.3 is 5.76 Å². The molecule has 1 aliphatic carbocycles. The lowest BCUT2D eigenvalue weighted by atomic mass is 9.98. The monoisotopic (exact) mass is 506 g/mol. The SMILES string of the molecule is Cc1cc(C)c2nc(C3CC3)n(-c3ccc4c(c3C)CCc3ccccc3N4C(C)c3noc(=O)[nH]3)c2n1. The lowest BCUT2D eigenvalue weighted by Crippen LogP contribution is -2.24. The fourth-order valence-corrected chi connectivity index (χ4v) is 6.05. The molecular formula is C30H30N6O2. The predicted octanol–water partition coefficient (Wildman–Crippen LogP) is 5.90. The molecule has 1 unspecified atom stereocenters. The molecule has 0 radical (unpaired) electrons. The van der Waals surface area contributed by atoms with Crippen molar-refractivity contribution < 1.29 is 4.52 Å². The van der Waals surface area contributed by atoms with E-state index in [1.165, 1.54) is 29.5 Å². The molecule has 8 heteroatoms. The topological polar surface area (TPSA) is 92.8 Å². The van der Waals surface area contributed by atoms with E-state index in [0.29, 0.717) is 11.7 Å². The zero-order valence-corrected chi connectivity index (χ0v) is 22.1. The van der Waals surface area contributed by atoms with Gasteiger partial charge in [0.2, 0.25) is 0 Å². The van der Waals surface area contributed by atoms with Crippen LogP contribution in [0.4, 0.5) is 11.4 Å². The lowest BCUT2D eigenvalue weighted by molar-refractivity contribution is 0.378. The van der Waals surface area contributed by atoms with Crippen molar-refractivity contribution in [3.8, 4) is 5.69 Å². The Hall–Kier alpha value is -4.20. The molecule has 0 saturated heterocycles. The van der Waals surface area contributed by atoms with Crippen LogP contribution in [0.25, 0.3) is 16.9 Å². The Morgan fingerprint density at radius 3 is 2.55 bits per heavy atom. The molecule has 1 atom stereocenters. The van der Waals surface area contributed by atoms with E-state index >= 15 is 0 Å². The number of aromatic nitrogens is 5. The number of fused-ring (bicyclic) bond motifs is 3. The van der Waals surface area contributed by atoms with Crippen LogP contribution in [-0.4, -0.2) is 24.7 Å². The van der Waals surface area contributed by atoms with Crippen LogP contribution < -0.4 is 10.7 Å². The fourth-order valence-electron chi connectivity index (χ4n) is 6.05. The first-order chi connectivity index (χ1) is 18.4. The summed E-state index contributed by atoms with van der Waals surface area (Å²) < 4.78 is 7.18. The standard InChI is InChI=1S/C30H30N6O2/c1-16-15-17(2)31-29-26(16)32-28(21-9-10-21)36(29)23-13-14-25-22(18(23)3)12-11-20-7-5-6-8-24(20)35(25)19(4)27-33-30(37)38-34-27/h5-8,13-15,19,21H,9-12H2,1-4H3,(H,33,34,37). The molecule has 192 valence electrons. The number of nitrogens with one attached hydrogen (secondary N) is 1. The molecule has 1 aliphatic heterocycles. The van der Waals surface area contributed by atoms with Gasteiger partial charge in [-0.25, -0.2) is 14.8 Å². The van der Waals surface area contributed by atoms with Crippen molar-refractivity contribution in [3.05, 3.63) is 92.6 Å². The average molecular weight is 507 g/mol. The minimum atomic E-state index is -0.542. The summed E-state index contributed by atoms with van der Waals surface area (Å²) >= 11 is 0. The number of benzene rings is 2. The molecule has 4 heterocycles. The summed E-state index contributed by atoms with van der Waals surface area (Å²) in [6.07, 6.45) is 4.16. The minimum Gasteiger partial charge on any atom is -0.330 e. The number of hydrogen-bond acceptors (Lipinski definition) is 6. The average Bonchev–Trinajstić information content (AvgIpc) is 3.58. The second-order valence-electron chi connectivity index (χ2n) is 10.7. The molecule has 0 amide bonds.